The number of hydrogen-bond acceptors (Lipinski definition) is 2. The van der Waals surface area contributed by atoms with E-state index in [1.165, 1.54) is 25.7 Å². The molecule has 0 saturated carbocycles. The number of anilines is 1. The molecule has 0 aliphatic carbocycles. The van der Waals surface area contributed by atoms with E-state index in [1.807, 2.05) is 12.1 Å². The number of hydrogen-bond donors (Lipinski definition) is 1. The Morgan fingerprint density at radius 3 is 2.61 bits per heavy atom. The van der Waals surface area contributed by atoms with E-state index in [1.54, 1.807) is 12.1 Å². The fraction of sp³-hybridized carbons (Fsp3) is 0.533. The molecule has 1 aliphatic heterocycles. The van der Waals surface area contributed by atoms with Crippen LogP contribution in [0.2, 0.25) is 0 Å². The standard InChI is InChI=1S/C15H21NO2/c1-2-13-6-4-3-5-11-16(13)14-9-7-12(8-10-14)15(17)18/h7-10,13H,2-6,11H2,1H3,(H,17,18). The maximum absolute atomic E-state index is 10.9. The van der Waals surface area contributed by atoms with Crippen LogP contribution in [-0.2, 0) is 0 Å². The molecule has 1 unspecified atom stereocenters. The third-order valence-electron chi connectivity index (χ3n) is 3.79. The van der Waals surface area contributed by atoms with E-state index >= 15 is 0 Å². The number of carbonyl (C=O) groups is 1. The maximum Gasteiger partial charge on any atom is 0.335 e. The summed E-state index contributed by atoms with van der Waals surface area (Å²) in [6.07, 6.45) is 6.25. The third-order valence-corrected chi connectivity index (χ3v) is 3.79. The lowest BCUT2D eigenvalue weighted by Crippen LogP contribution is -2.34. The van der Waals surface area contributed by atoms with E-state index in [2.05, 4.69) is 11.8 Å². The normalized spacial score (nSPS) is 20.5. The predicted octanol–water partition coefficient (Wildman–Crippen LogP) is 3.54. The summed E-state index contributed by atoms with van der Waals surface area (Å²) < 4.78 is 0. The van der Waals surface area contributed by atoms with Crippen LogP contribution in [0.3, 0.4) is 0 Å². The average molecular weight is 247 g/mol. The van der Waals surface area contributed by atoms with E-state index in [9.17, 15) is 4.79 Å². The van der Waals surface area contributed by atoms with Gasteiger partial charge >= 0.3 is 5.97 Å². The van der Waals surface area contributed by atoms with Gasteiger partial charge in [0.15, 0.2) is 0 Å². The summed E-state index contributed by atoms with van der Waals surface area (Å²) in [6, 6.07) is 7.89. The molecule has 1 saturated heterocycles. The molecule has 0 amide bonds. The minimum absolute atomic E-state index is 0.363. The molecule has 1 aliphatic rings. The topological polar surface area (TPSA) is 40.5 Å². The van der Waals surface area contributed by atoms with E-state index in [-0.39, 0.29) is 0 Å². The molecule has 0 bridgehead atoms. The molecule has 3 nitrogen and oxygen atoms in total. The summed E-state index contributed by atoms with van der Waals surface area (Å²) in [5.74, 6) is -0.857. The molecule has 18 heavy (non-hydrogen) atoms. The SMILES string of the molecule is CCC1CCCCCN1c1ccc(C(=O)O)cc1. The van der Waals surface area contributed by atoms with Gasteiger partial charge < -0.3 is 10.0 Å². The van der Waals surface area contributed by atoms with Crippen LogP contribution in [0.4, 0.5) is 5.69 Å². The van der Waals surface area contributed by atoms with Gasteiger partial charge in [-0.3, -0.25) is 0 Å². The van der Waals surface area contributed by atoms with Gasteiger partial charge in [0.05, 0.1) is 5.56 Å². The Kier molecular flexibility index (Phi) is 4.24. The van der Waals surface area contributed by atoms with Crippen molar-refractivity contribution in [2.45, 2.75) is 45.1 Å². The van der Waals surface area contributed by atoms with Gasteiger partial charge in [-0.15, -0.1) is 0 Å². The number of carboxylic acids is 1. The summed E-state index contributed by atoms with van der Waals surface area (Å²) in [5.41, 5.74) is 1.52. The quantitative estimate of drug-likeness (QED) is 0.888. The van der Waals surface area contributed by atoms with Gasteiger partial charge in [0.2, 0.25) is 0 Å². The molecule has 2 rings (SSSR count). The van der Waals surface area contributed by atoms with Crippen LogP contribution in [0.1, 0.15) is 49.4 Å². The zero-order valence-electron chi connectivity index (χ0n) is 10.9. The van der Waals surface area contributed by atoms with Crippen molar-refractivity contribution in [2.24, 2.45) is 0 Å². The van der Waals surface area contributed by atoms with Crippen LogP contribution < -0.4 is 4.90 Å². The minimum Gasteiger partial charge on any atom is -0.478 e. The maximum atomic E-state index is 10.9. The zero-order chi connectivity index (χ0) is 13.0. The molecule has 98 valence electrons. The van der Waals surface area contributed by atoms with Crippen molar-refractivity contribution in [3.8, 4) is 0 Å². The lowest BCUT2D eigenvalue weighted by molar-refractivity contribution is 0.0697. The van der Waals surface area contributed by atoms with Crippen molar-refractivity contribution in [3.63, 3.8) is 0 Å². The molecule has 1 heterocycles. The van der Waals surface area contributed by atoms with Crippen LogP contribution >= 0.6 is 0 Å². The second-order valence-electron chi connectivity index (χ2n) is 4.96. The van der Waals surface area contributed by atoms with Crippen molar-refractivity contribution in [1.29, 1.82) is 0 Å². The minimum atomic E-state index is -0.857. The lowest BCUT2D eigenvalue weighted by atomic mass is 10.1. The lowest BCUT2D eigenvalue weighted by Gasteiger charge is -2.31. The molecule has 1 aromatic rings. The van der Waals surface area contributed by atoms with Crippen LogP contribution in [0.25, 0.3) is 0 Å². The average Bonchev–Trinajstić information content (AvgIpc) is 2.63. The highest BCUT2D eigenvalue weighted by molar-refractivity contribution is 5.88. The van der Waals surface area contributed by atoms with Gasteiger partial charge in [0, 0.05) is 18.3 Å². The van der Waals surface area contributed by atoms with Crippen LogP contribution in [0.5, 0.6) is 0 Å². The number of benzene rings is 1. The first-order valence-electron chi connectivity index (χ1n) is 6.82. The van der Waals surface area contributed by atoms with Crippen molar-refractivity contribution in [2.75, 3.05) is 11.4 Å². The highest BCUT2D eigenvalue weighted by Crippen LogP contribution is 2.26. The second-order valence-corrected chi connectivity index (χ2v) is 4.96. The number of nitrogens with zero attached hydrogens (tertiary/aromatic N) is 1. The van der Waals surface area contributed by atoms with Gasteiger partial charge in [-0.1, -0.05) is 19.8 Å². The fourth-order valence-corrected chi connectivity index (χ4v) is 2.74. The first kappa shape index (κ1) is 12.9. The van der Waals surface area contributed by atoms with Gasteiger partial charge in [0.25, 0.3) is 0 Å². The Morgan fingerprint density at radius 2 is 2.00 bits per heavy atom. The Balaban J connectivity index is 2.19. The summed E-state index contributed by atoms with van der Waals surface area (Å²) in [6.45, 7) is 3.32. The number of aromatic carboxylic acids is 1. The van der Waals surface area contributed by atoms with Crippen molar-refractivity contribution in [1.82, 2.24) is 0 Å². The van der Waals surface area contributed by atoms with Crippen LogP contribution in [0, 0.1) is 0 Å². The smallest absolute Gasteiger partial charge is 0.335 e. The van der Waals surface area contributed by atoms with Crippen molar-refractivity contribution >= 4 is 11.7 Å². The van der Waals surface area contributed by atoms with Gasteiger partial charge in [-0.05, 0) is 43.5 Å². The monoisotopic (exact) mass is 247 g/mol. The van der Waals surface area contributed by atoms with Crippen molar-refractivity contribution in [3.05, 3.63) is 29.8 Å². The molecule has 1 aromatic carbocycles. The second kappa shape index (κ2) is 5.89. The predicted molar refractivity (Wildman–Crippen MR) is 73.3 cm³/mol. The van der Waals surface area contributed by atoms with Gasteiger partial charge in [-0.2, -0.15) is 0 Å². The molecule has 0 radical (unpaired) electrons. The Labute approximate surface area is 108 Å². The highest BCUT2D eigenvalue weighted by atomic mass is 16.4. The molecule has 0 aromatic heterocycles. The summed E-state index contributed by atoms with van der Waals surface area (Å²) in [7, 11) is 0. The molecular formula is C15H21NO2. The first-order valence-corrected chi connectivity index (χ1v) is 6.82. The van der Waals surface area contributed by atoms with E-state index in [4.69, 9.17) is 5.11 Å². The summed E-state index contributed by atoms with van der Waals surface area (Å²) in [4.78, 5) is 13.3. The van der Waals surface area contributed by atoms with Crippen LogP contribution in [-0.4, -0.2) is 23.7 Å². The molecule has 1 N–H and O–H groups in total. The number of carboxylic acid groups (broad SMARTS) is 1. The fourth-order valence-electron chi connectivity index (χ4n) is 2.74. The molecule has 0 spiro atoms. The Morgan fingerprint density at radius 1 is 1.28 bits per heavy atom. The van der Waals surface area contributed by atoms with E-state index in [0.717, 1.165) is 18.7 Å². The van der Waals surface area contributed by atoms with Crippen molar-refractivity contribution < 1.29 is 9.90 Å². The molecule has 3 heteroatoms. The van der Waals surface area contributed by atoms with E-state index < -0.39 is 5.97 Å². The van der Waals surface area contributed by atoms with E-state index in [0.29, 0.717) is 11.6 Å². The zero-order valence-corrected chi connectivity index (χ0v) is 10.9. The third kappa shape index (κ3) is 2.84. The molecule has 1 fully saturated rings. The molecular weight excluding hydrogens is 226 g/mol. The highest BCUT2D eigenvalue weighted by Gasteiger charge is 2.19. The van der Waals surface area contributed by atoms with Gasteiger partial charge in [-0.25, -0.2) is 4.79 Å². The summed E-state index contributed by atoms with van der Waals surface area (Å²) in [5, 5.41) is 8.92. The number of rotatable bonds is 3. The first-order chi connectivity index (χ1) is 8.72. The molecule has 1 atom stereocenters. The Hall–Kier alpha value is -1.51. The largest absolute Gasteiger partial charge is 0.478 e. The van der Waals surface area contributed by atoms with Crippen LogP contribution in [0.15, 0.2) is 24.3 Å². The summed E-state index contributed by atoms with van der Waals surface area (Å²) >= 11 is 0. The Bertz CT molecular complexity index is 399. The van der Waals surface area contributed by atoms with Gasteiger partial charge in [0.1, 0.15) is 0 Å².